The highest BCUT2D eigenvalue weighted by Gasteiger charge is 2.38. The van der Waals surface area contributed by atoms with E-state index in [4.69, 9.17) is 0 Å². The molecule has 0 aliphatic rings. The van der Waals surface area contributed by atoms with Crippen molar-refractivity contribution < 1.29 is 22.8 Å². The molecule has 0 amide bonds. The van der Waals surface area contributed by atoms with Gasteiger partial charge in [-0.25, -0.2) is 0 Å². The minimum atomic E-state index is -4.88. The van der Waals surface area contributed by atoms with Crippen LogP contribution in [0, 0.1) is 0 Å². The van der Waals surface area contributed by atoms with Crippen LogP contribution in [0.2, 0.25) is 0 Å². The summed E-state index contributed by atoms with van der Waals surface area (Å²) in [5, 5.41) is 0. The van der Waals surface area contributed by atoms with Gasteiger partial charge in [-0.3, -0.25) is 9.59 Å². The molecular formula is C22H39F3O2. The molecule has 0 N–H and O–H groups in total. The normalized spacial score (nSPS) is 11.7. The molecule has 0 rings (SSSR count). The van der Waals surface area contributed by atoms with E-state index in [9.17, 15) is 22.8 Å². The largest absolute Gasteiger partial charge is 0.450 e. The molecule has 0 aliphatic heterocycles. The first-order valence-corrected chi connectivity index (χ1v) is 11.0. The molecule has 0 radical (unpaired) electrons. The Hall–Kier alpha value is -0.870. The van der Waals surface area contributed by atoms with Gasteiger partial charge in [-0.1, -0.05) is 103 Å². The van der Waals surface area contributed by atoms with Crippen molar-refractivity contribution in [2.24, 2.45) is 0 Å². The average molecular weight is 393 g/mol. The fourth-order valence-corrected chi connectivity index (χ4v) is 3.24. The van der Waals surface area contributed by atoms with Crippen LogP contribution >= 0.6 is 0 Å². The van der Waals surface area contributed by atoms with E-state index >= 15 is 0 Å². The second kappa shape index (κ2) is 17.2. The zero-order chi connectivity index (χ0) is 20.4. The Morgan fingerprint density at radius 1 is 0.593 bits per heavy atom. The van der Waals surface area contributed by atoms with Crippen LogP contribution in [-0.4, -0.2) is 17.7 Å². The number of carbonyl (C=O) groups excluding carboxylic acids is 2. The van der Waals surface area contributed by atoms with Gasteiger partial charge in [-0.15, -0.1) is 0 Å². The first kappa shape index (κ1) is 26.1. The van der Waals surface area contributed by atoms with Gasteiger partial charge in [0.05, 0.1) is 6.42 Å². The van der Waals surface area contributed by atoms with Gasteiger partial charge >= 0.3 is 6.18 Å². The van der Waals surface area contributed by atoms with Crippen molar-refractivity contribution in [1.82, 2.24) is 0 Å². The number of rotatable bonds is 19. The fraction of sp³-hybridized carbons (Fsp3) is 0.909. The number of unbranched alkanes of at least 4 members (excludes halogenated alkanes) is 15. The van der Waals surface area contributed by atoms with Gasteiger partial charge in [0.15, 0.2) is 0 Å². The zero-order valence-electron chi connectivity index (χ0n) is 17.2. The van der Waals surface area contributed by atoms with Crippen LogP contribution in [0.15, 0.2) is 0 Å². The Morgan fingerprint density at radius 3 is 1.26 bits per heavy atom. The molecule has 160 valence electrons. The second-order valence-corrected chi connectivity index (χ2v) is 7.69. The van der Waals surface area contributed by atoms with Crippen molar-refractivity contribution in [3.05, 3.63) is 0 Å². The minimum absolute atomic E-state index is 0.0836. The number of alkyl halides is 3. The lowest BCUT2D eigenvalue weighted by Crippen LogP contribution is -2.25. The summed E-state index contributed by atoms with van der Waals surface area (Å²) >= 11 is 0. The second-order valence-electron chi connectivity index (χ2n) is 7.69. The number of ketones is 2. The molecule has 0 aromatic carbocycles. The molecule has 0 unspecified atom stereocenters. The molecule has 27 heavy (non-hydrogen) atoms. The van der Waals surface area contributed by atoms with Crippen LogP contribution < -0.4 is 0 Å². The lowest BCUT2D eigenvalue weighted by atomic mass is 10.0. The topological polar surface area (TPSA) is 34.1 Å². The molecule has 0 heterocycles. The maximum absolute atomic E-state index is 12.0. The molecule has 0 saturated carbocycles. The van der Waals surface area contributed by atoms with E-state index in [1.807, 2.05) is 0 Å². The highest BCUT2D eigenvalue weighted by molar-refractivity contribution is 6.01. The molecule has 0 saturated heterocycles. The number of hydrogen-bond donors (Lipinski definition) is 0. The fourth-order valence-electron chi connectivity index (χ4n) is 3.24. The van der Waals surface area contributed by atoms with E-state index in [-0.39, 0.29) is 6.42 Å². The van der Waals surface area contributed by atoms with Gasteiger partial charge < -0.3 is 0 Å². The molecule has 0 atom stereocenters. The molecule has 0 aromatic rings. The van der Waals surface area contributed by atoms with E-state index in [2.05, 4.69) is 6.92 Å². The van der Waals surface area contributed by atoms with Gasteiger partial charge in [0, 0.05) is 6.42 Å². The van der Waals surface area contributed by atoms with Crippen molar-refractivity contribution in [1.29, 1.82) is 0 Å². The number of Topliss-reactive ketones (excluding diaryl/α,β-unsaturated/α-hetero) is 2. The van der Waals surface area contributed by atoms with Crippen LogP contribution in [-0.2, 0) is 9.59 Å². The van der Waals surface area contributed by atoms with Crippen LogP contribution in [0.4, 0.5) is 13.2 Å². The summed E-state index contributed by atoms with van der Waals surface area (Å²) in [6.45, 7) is 2.24. The number of hydrogen-bond acceptors (Lipinski definition) is 2. The Balaban J connectivity index is 3.25. The van der Waals surface area contributed by atoms with Gasteiger partial charge in [0.1, 0.15) is 5.78 Å². The Kier molecular flexibility index (Phi) is 16.7. The minimum Gasteiger partial charge on any atom is -0.299 e. The summed E-state index contributed by atoms with van der Waals surface area (Å²) in [6, 6.07) is 0. The quantitative estimate of drug-likeness (QED) is 0.166. The maximum Gasteiger partial charge on any atom is 0.450 e. The van der Waals surface area contributed by atoms with Gasteiger partial charge in [-0.2, -0.15) is 13.2 Å². The molecular weight excluding hydrogens is 353 g/mol. The van der Waals surface area contributed by atoms with Crippen LogP contribution in [0.25, 0.3) is 0 Å². The first-order valence-electron chi connectivity index (χ1n) is 11.0. The smallest absolute Gasteiger partial charge is 0.299 e. The van der Waals surface area contributed by atoms with E-state index in [1.54, 1.807) is 0 Å². The highest BCUT2D eigenvalue weighted by atomic mass is 19.4. The average Bonchev–Trinajstić information content (AvgIpc) is 2.60. The third-order valence-electron chi connectivity index (χ3n) is 4.98. The summed E-state index contributed by atoms with van der Waals surface area (Å²) < 4.78 is 36.1. The molecule has 0 aliphatic carbocycles. The van der Waals surface area contributed by atoms with E-state index in [0.717, 1.165) is 19.3 Å². The Morgan fingerprint density at radius 2 is 0.926 bits per heavy atom. The monoisotopic (exact) mass is 392 g/mol. The summed E-state index contributed by atoms with van der Waals surface area (Å²) in [5.74, 6) is -2.52. The molecule has 0 spiro atoms. The Bertz CT molecular complexity index is 378. The number of carbonyl (C=O) groups is 2. The lowest BCUT2D eigenvalue weighted by molar-refractivity contribution is -0.171. The molecule has 0 aromatic heterocycles. The van der Waals surface area contributed by atoms with E-state index < -0.39 is 24.2 Å². The Labute approximate surface area is 163 Å². The van der Waals surface area contributed by atoms with Crippen molar-refractivity contribution in [2.45, 2.75) is 129 Å². The SMILES string of the molecule is CCCCCCCCCCCCCCCCCCC(=O)CC(=O)C(F)(F)F. The van der Waals surface area contributed by atoms with Crippen LogP contribution in [0.1, 0.15) is 122 Å². The van der Waals surface area contributed by atoms with Crippen molar-refractivity contribution in [2.75, 3.05) is 0 Å². The standard InChI is InChI=1S/C22H39F3O2/c1-2-3-4-5-6-7-8-9-10-11-12-13-14-15-16-17-18-20(26)19-21(27)22(23,24)25/h2-19H2,1H3. The van der Waals surface area contributed by atoms with Gasteiger partial charge in [-0.05, 0) is 6.42 Å². The number of halogens is 3. The third kappa shape index (κ3) is 18.3. The summed E-state index contributed by atoms with van der Waals surface area (Å²) in [6.07, 6.45) is 13.7. The molecule has 5 heteroatoms. The zero-order valence-corrected chi connectivity index (χ0v) is 17.2. The van der Waals surface area contributed by atoms with Crippen LogP contribution in [0.3, 0.4) is 0 Å². The van der Waals surface area contributed by atoms with E-state index in [1.165, 1.54) is 77.0 Å². The summed E-state index contributed by atoms with van der Waals surface area (Å²) in [5.41, 5.74) is 0. The maximum atomic E-state index is 12.0. The van der Waals surface area contributed by atoms with Crippen LogP contribution in [0.5, 0.6) is 0 Å². The molecule has 0 fully saturated rings. The van der Waals surface area contributed by atoms with Gasteiger partial charge in [0.2, 0.25) is 5.78 Å². The predicted octanol–water partition coefficient (Wildman–Crippen LogP) is 7.73. The van der Waals surface area contributed by atoms with E-state index in [0.29, 0.717) is 6.42 Å². The van der Waals surface area contributed by atoms with Gasteiger partial charge in [0.25, 0.3) is 0 Å². The van der Waals surface area contributed by atoms with Crippen molar-refractivity contribution in [3.8, 4) is 0 Å². The lowest BCUT2D eigenvalue weighted by Gasteiger charge is -2.05. The molecule has 2 nitrogen and oxygen atoms in total. The highest BCUT2D eigenvalue weighted by Crippen LogP contribution is 2.19. The first-order chi connectivity index (χ1) is 12.9. The third-order valence-corrected chi connectivity index (χ3v) is 4.98. The summed E-state index contributed by atoms with van der Waals surface area (Å²) in [7, 11) is 0. The molecule has 0 bridgehead atoms. The predicted molar refractivity (Wildman–Crippen MR) is 105 cm³/mol. The summed E-state index contributed by atoms with van der Waals surface area (Å²) in [4.78, 5) is 22.0. The van der Waals surface area contributed by atoms with Crippen molar-refractivity contribution >= 4 is 11.6 Å². The van der Waals surface area contributed by atoms with Crippen molar-refractivity contribution in [3.63, 3.8) is 0 Å².